The third kappa shape index (κ3) is 6.50. The number of benzene rings is 1. The van der Waals surface area contributed by atoms with Crippen LogP contribution >= 0.6 is 12.4 Å². The molecule has 1 N–H and O–H groups in total. The molecule has 1 amide bonds. The molecule has 1 aliphatic rings. The van der Waals surface area contributed by atoms with Crippen molar-refractivity contribution in [1.82, 2.24) is 0 Å². The summed E-state index contributed by atoms with van der Waals surface area (Å²) < 4.78 is 10.6. The van der Waals surface area contributed by atoms with Crippen LogP contribution in [0.3, 0.4) is 0 Å². The van der Waals surface area contributed by atoms with E-state index in [-0.39, 0.29) is 24.3 Å². The van der Waals surface area contributed by atoms with Crippen molar-refractivity contribution in [3.8, 4) is 0 Å². The fourth-order valence-electron chi connectivity index (χ4n) is 2.83. The van der Waals surface area contributed by atoms with E-state index in [4.69, 9.17) is 9.47 Å². The summed E-state index contributed by atoms with van der Waals surface area (Å²) in [5.41, 5.74) is 1.93. The van der Waals surface area contributed by atoms with Crippen molar-refractivity contribution in [3.05, 3.63) is 23.8 Å². The maximum Gasteiger partial charge on any atom is 0.340 e. The second-order valence-electron chi connectivity index (χ2n) is 6.06. The Hall–Kier alpha value is -1.79. The number of morpholine rings is 1. The highest BCUT2D eigenvalue weighted by atomic mass is 35.5. The van der Waals surface area contributed by atoms with Crippen LogP contribution < -0.4 is 10.2 Å². The first-order chi connectivity index (χ1) is 12.2. The van der Waals surface area contributed by atoms with Crippen LogP contribution in [0.15, 0.2) is 18.2 Å². The molecular weight excluding hydrogens is 356 g/mol. The van der Waals surface area contributed by atoms with Crippen molar-refractivity contribution in [2.24, 2.45) is 0 Å². The van der Waals surface area contributed by atoms with Crippen molar-refractivity contribution < 1.29 is 19.1 Å². The maximum absolute atomic E-state index is 12.4. The molecule has 0 aliphatic carbocycles. The van der Waals surface area contributed by atoms with Crippen molar-refractivity contribution in [2.75, 3.05) is 43.1 Å². The number of esters is 1. The standard InChI is InChI=1S/C19H28N2O4.ClH/c1-3-5-6-7-18(22)20-15-8-9-17(21-10-12-24-13-11-21)16(14-15)19(23)25-4-2;/h8-9,14H,3-7,10-13H2,1-2H3,(H,20,22);1H. The number of amides is 1. The summed E-state index contributed by atoms with van der Waals surface area (Å²) in [7, 11) is 0. The minimum Gasteiger partial charge on any atom is -0.462 e. The van der Waals surface area contributed by atoms with E-state index in [2.05, 4.69) is 17.1 Å². The van der Waals surface area contributed by atoms with Crippen molar-refractivity contribution in [3.63, 3.8) is 0 Å². The highest BCUT2D eigenvalue weighted by Gasteiger charge is 2.20. The number of hydrogen-bond acceptors (Lipinski definition) is 5. The van der Waals surface area contributed by atoms with Crippen molar-refractivity contribution in [2.45, 2.75) is 39.5 Å². The van der Waals surface area contributed by atoms with Crippen molar-refractivity contribution >= 4 is 35.7 Å². The number of ether oxygens (including phenoxy) is 2. The van der Waals surface area contributed by atoms with Gasteiger partial charge < -0.3 is 19.7 Å². The fourth-order valence-corrected chi connectivity index (χ4v) is 2.83. The fraction of sp³-hybridized carbons (Fsp3) is 0.579. The summed E-state index contributed by atoms with van der Waals surface area (Å²) >= 11 is 0. The Morgan fingerprint density at radius 1 is 1.19 bits per heavy atom. The lowest BCUT2D eigenvalue weighted by Gasteiger charge is -2.30. The lowest BCUT2D eigenvalue weighted by atomic mass is 10.1. The summed E-state index contributed by atoms with van der Waals surface area (Å²) in [5, 5.41) is 2.88. The van der Waals surface area contributed by atoms with Gasteiger partial charge in [0.05, 0.1) is 31.1 Å². The van der Waals surface area contributed by atoms with E-state index in [1.165, 1.54) is 0 Å². The quantitative estimate of drug-likeness (QED) is 0.547. The van der Waals surface area contributed by atoms with Gasteiger partial charge in [0.15, 0.2) is 0 Å². The molecule has 1 aromatic carbocycles. The van der Waals surface area contributed by atoms with E-state index in [1.807, 2.05) is 12.1 Å². The molecule has 0 spiro atoms. The molecule has 0 atom stereocenters. The third-order valence-electron chi connectivity index (χ3n) is 4.13. The molecule has 146 valence electrons. The summed E-state index contributed by atoms with van der Waals surface area (Å²) in [6.45, 7) is 6.94. The predicted molar refractivity (Wildman–Crippen MR) is 105 cm³/mol. The van der Waals surface area contributed by atoms with Crippen LogP contribution in [0, 0.1) is 0 Å². The first-order valence-corrected chi connectivity index (χ1v) is 9.09. The number of anilines is 2. The van der Waals surface area contributed by atoms with Crippen LogP contribution in [0.25, 0.3) is 0 Å². The van der Waals surface area contributed by atoms with Crippen LogP contribution in [-0.2, 0) is 14.3 Å². The SMILES string of the molecule is CCCCCC(=O)Nc1ccc(N2CCOCC2)c(C(=O)OCC)c1.Cl. The Bertz CT molecular complexity index is 589. The van der Waals surface area contributed by atoms with Crippen LogP contribution in [0.2, 0.25) is 0 Å². The van der Waals surface area contributed by atoms with Gasteiger partial charge in [0, 0.05) is 25.2 Å². The summed E-state index contributed by atoms with van der Waals surface area (Å²) in [5.74, 6) is -0.395. The number of unbranched alkanes of at least 4 members (excludes halogenated alkanes) is 2. The topological polar surface area (TPSA) is 67.9 Å². The Kier molecular flexibility index (Phi) is 10.1. The summed E-state index contributed by atoms with van der Waals surface area (Å²) in [4.78, 5) is 26.5. The van der Waals surface area contributed by atoms with Crippen LogP contribution in [0.4, 0.5) is 11.4 Å². The average molecular weight is 385 g/mol. The van der Waals surface area contributed by atoms with Gasteiger partial charge in [-0.3, -0.25) is 4.79 Å². The third-order valence-corrected chi connectivity index (χ3v) is 4.13. The van der Waals surface area contributed by atoms with Crippen LogP contribution in [0.5, 0.6) is 0 Å². The summed E-state index contributed by atoms with van der Waals surface area (Å²) in [6, 6.07) is 5.42. The van der Waals surface area contributed by atoms with E-state index in [0.29, 0.717) is 37.5 Å². The van der Waals surface area contributed by atoms with Gasteiger partial charge in [-0.05, 0) is 31.5 Å². The van der Waals surface area contributed by atoms with E-state index >= 15 is 0 Å². The molecule has 2 rings (SSSR count). The molecule has 1 aliphatic heterocycles. The Morgan fingerprint density at radius 2 is 1.92 bits per heavy atom. The minimum absolute atomic E-state index is 0. The Balaban J connectivity index is 0.00000338. The first-order valence-electron chi connectivity index (χ1n) is 9.09. The molecule has 6 nitrogen and oxygen atoms in total. The van der Waals surface area contributed by atoms with E-state index < -0.39 is 0 Å². The van der Waals surface area contributed by atoms with Gasteiger partial charge in [0.2, 0.25) is 5.91 Å². The number of carbonyl (C=O) groups excluding carboxylic acids is 2. The zero-order valence-electron chi connectivity index (χ0n) is 15.6. The molecule has 1 fully saturated rings. The number of halogens is 1. The monoisotopic (exact) mass is 384 g/mol. The van der Waals surface area contributed by atoms with Gasteiger partial charge in [-0.2, -0.15) is 0 Å². The Morgan fingerprint density at radius 3 is 2.58 bits per heavy atom. The highest BCUT2D eigenvalue weighted by Crippen LogP contribution is 2.26. The van der Waals surface area contributed by atoms with E-state index in [9.17, 15) is 9.59 Å². The van der Waals surface area contributed by atoms with Gasteiger partial charge in [-0.1, -0.05) is 19.8 Å². The number of rotatable bonds is 8. The molecule has 1 aromatic rings. The van der Waals surface area contributed by atoms with Gasteiger partial charge in [0.1, 0.15) is 0 Å². The molecule has 1 heterocycles. The van der Waals surface area contributed by atoms with E-state index in [1.54, 1.807) is 13.0 Å². The predicted octanol–water partition coefficient (Wildman–Crippen LogP) is 3.64. The molecule has 26 heavy (non-hydrogen) atoms. The molecule has 0 bridgehead atoms. The summed E-state index contributed by atoms with van der Waals surface area (Å²) in [6.07, 6.45) is 3.48. The number of hydrogen-bond donors (Lipinski definition) is 1. The second kappa shape index (κ2) is 11.8. The first kappa shape index (κ1) is 22.3. The molecular formula is C19H29ClN2O4. The highest BCUT2D eigenvalue weighted by molar-refractivity contribution is 5.99. The largest absolute Gasteiger partial charge is 0.462 e. The molecule has 0 radical (unpaired) electrons. The molecule has 0 aromatic heterocycles. The average Bonchev–Trinajstić information content (AvgIpc) is 2.63. The minimum atomic E-state index is -0.369. The van der Waals surface area contributed by atoms with Gasteiger partial charge in [0.25, 0.3) is 0 Å². The number of nitrogens with one attached hydrogen (secondary N) is 1. The number of nitrogens with zero attached hydrogens (tertiary/aromatic N) is 1. The molecule has 7 heteroatoms. The van der Waals surface area contributed by atoms with Crippen LogP contribution in [0.1, 0.15) is 49.9 Å². The van der Waals surface area contributed by atoms with Gasteiger partial charge in [-0.15, -0.1) is 12.4 Å². The normalized spacial score (nSPS) is 13.7. The lowest BCUT2D eigenvalue weighted by molar-refractivity contribution is -0.116. The smallest absolute Gasteiger partial charge is 0.340 e. The zero-order valence-corrected chi connectivity index (χ0v) is 16.4. The lowest BCUT2D eigenvalue weighted by Crippen LogP contribution is -2.37. The molecule has 0 saturated carbocycles. The zero-order chi connectivity index (χ0) is 18.1. The van der Waals surface area contributed by atoms with Gasteiger partial charge >= 0.3 is 5.97 Å². The van der Waals surface area contributed by atoms with E-state index in [0.717, 1.165) is 38.0 Å². The number of carbonyl (C=O) groups is 2. The van der Waals surface area contributed by atoms with Crippen LogP contribution in [-0.4, -0.2) is 44.8 Å². The van der Waals surface area contributed by atoms with Gasteiger partial charge in [-0.25, -0.2) is 4.79 Å². The molecule has 0 unspecified atom stereocenters. The maximum atomic E-state index is 12.4. The second-order valence-corrected chi connectivity index (χ2v) is 6.06. The molecule has 1 saturated heterocycles. The Labute approximate surface area is 161 Å². The van der Waals surface area contributed by atoms with Crippen molar-refractivity contribution in [1.29, 1.82) is 0 Å².